The molecule has 0 unspecified atom stereocenters. The maximum Gasteiger partial charge on any atom is 0.255 e. The van der Waals surface area contributed by atoms with Crippen molar-refractivity contribution in [2.45, 2.75) is 45.6 Å². The van der Waals surface area contributed by atoms with E-state index in [2.05, 4.69) is 12.2 Å². The number of nitrogens with one attached hydrogen (secondary N) is 1. The fourth-order valence-corrected chi connectivity index (χ4v) is 3.21. The first-order valence-electron chi connectivity index (χ1n) is 11.1. The minimum absolute atomic E-state index is 0.161. The number of rotatable bonds is 12. The summed E-state index contributed by atoms with van der Waals surface area (Å²) in [6, 6.07) is 24.7. The maximum atomic E-state index is 12.6. The summed E-state index contributed by atoms with van der Waals surface area (Å²) >= 11 is 0. The summed E-state index contributed by atoms with van der Waals surface area (Å²) in [5.41, 5.74) is 2.40. The van der Waals surface area contributed by atoms with Gasteiger partial charge < -0.3 is 14.8 Å². The number of unbranched alkanes of at least 4 members (excludes halogenated alkanes) is 4. The number of hydrogen-bond acceptors (Lipinski definition) is 3. The smallest absolute Gasteiger partial charge is 0.255 e. The minimum Gasteiger partial charge on any atom is -0.494 e. The second kappa shape index (κ2) is 12.4. The molecule has 0 fully saturated rings. The number of ether oxygens (including phenoxy) is 2. The second-order valence-electron chi connectivity index (χ2n) is 7.54. The summed E-state index contributed by atoms with van der Waals surface area (Å²) in [6.45, 7) is 3.41. The number of amides is 1. The fraction of sp³-hybridized carbons (Fsp3) is 0.296. The Balaban J connectivity index is 1.47. The van der Waals surface area contributed by atoms with Gasteiger partial charge in [-0.1, -0.05) is 69.0 Å². The molecule has 4 heteroatoms. The van der Waals surface area contributed by atoms with Crippen molar-refractivity contribution in [1.29, 1.82) is 0 Å². The van der Waals surface area contributed by atoms with E-state index in [9.17, 15) is 4.79 Å². The third kappa shape index (κ3) is 7.82. The lowest BCUT2D eigenvalue weighted by molar-refractivity contribution is 0.102. The van der Waals surface area contributed by atoms with Crippen LogP contribution in [0.2, 0.25) is 0 Å². The molecule has 0 heterocycles. The minimum atomic E-state index is -0.161. The van der Waals surface area contributed by atoms with Crippen LogP contribution in [-0.4, -0.2) is 12.5 Å². The molecule has 1 N–H and O–H groups in total. The van der Waals surface area contributed by atoms with Crippen LogP contribution in [0.3, 0.4) is 0 Å². The highest BCUT2D eigenvalue weighted by Crippen LogP contribution is 2.20. The van der Waals surface area contributed by atoms with Gasteiger partial charge in [-0.25, -0.2) is 0 Å². The van der Waals surface area contributed by atoms with Gasteiger partial charge in [-0.05, 0) is 48.4 Å². The van der Waals surface area contributed by atoms with E-state index in [1.165, 1.54) is 25.7 Å². The van der Waals surface area contributed by atoms with Crippen molar-refractivity contribution in [3.8, 4) is 11.5 Å². The van der Waals surface area contributed by atoms with Crippen molar-refractivity contribution in [3.63, 3.8) is 0 Å². The van der Waals surface area contributed by atoms with Gasteiger partial charge in [0, 0.05) is 17.3 Å². The third-order valence-electron chi connectivity index (χ3n) is 4.97. The zero-order chi connectivity index (χ0) is 21.7. The van der Waals surface area contributed by atoms with Gasteiger partial charge in [-0.2, -0.15) is 0 Å². The quantitative estimate of drug-likeness (QED) is 0.327. The average molecular weight is 418 g/mol. The first-order chi connectivity index (χ1) is 15.2. The molecule has 0 aliphatic rings. The standard InChI is InChI=1S/C27H31NO3/c1-2-3-4-5-9-19-30-26-14-10-13-24(20-26)28-27(29)23-15-17-25(18-16-23)31-21-22-11-7-6-8-12-22/h6-8,10-18,20H,2-5,9,19,21H2,1H3,(H,28,29). The Morgan fingerprint density at radius 2 is 1.55 bits per heavy atom. The molecule has 3 aromatic carbocycles. The van der Waals surface area contributed by atoms with Gasteiger partial charge in [0.05, 0.1) is 6.61 Å². The van der Waals surface area contributed by atoms with E-state index in [1.54, 1.807) is 12.1 Å². The topological polar surface area (TPSA) is 47.6 Å². The average Bonchev–Trinajstić information content (AvgIpc) is 2.81. The largest absolute Gasteiger partial charge is 0.494 e. The summed E-state index contributed by atoms with van der Waals surface area (Å²) < 4.78 is 11.6. The van der Waals surface area contributed by atoms with Crippen molar-refractivity contribution in [1.82, 2.24) is 0 Å². The molecule has 3 aromatic rings. The van der Waals surface area contributed by atoms with Crippen LogP contribution in [0.25, 0.3) is 0 Å². The Hall–Kier alpha value is -3.27. The molecule has 0 bridgehead atoms. The lowest BCUT2D eigenvalue weighted by Gasteiger charge is -2.10. The molecule has 3 rings (SSSR count). The van der Waals surface area contributed by atoms with Gasteiger partial charge in [0.2, 0.25) is 0 Å². The van der Waals surface area contributed by atoms with Gasteiger partial charge in [0.25, 0.3) is 5.91 Å². The Morgan fingerprint density at radius 1 is 0.774 bits per heavy atom. The van der Waals surface area contributed by atoms with Crippen LogP contribution in [0.4, 0.5) is 5.69 Å². The Morgan fingerprint density at radius 3 is 2.32 bits per heavy atom. The zero-order valence-corrected chi connectivity index (χ0v) is 18.2. The van der Waals surface area contributed by atoms with Gasteiger partial charge in [0.15, 0.2) is 0 Å². The van der Waals surface area contributed by atoms with Crippen molar-refractivity contribution < 1.29 is 14.3 Å². The zero-order valence-electron chi connectivity index (χ0n) is 18.2. The lowest BCUT2D eigenvalue weighted by atomic mass is 10.2. The van der Waals surface area contributed by atoms with E-state index >= 15 is 0 Å². The third-order valence-corrected chi connectivity index (χ3v) is 4.97. The van der Waals surface area contributed by atoms with Crippen molar-refractivity contribution in [2.75, 3.05) is 11.9 Å². The highest BCUT2D eigenvalue weighted by atomic mass is 16.5. The molecule has 0 atom stereocenters. The second-order valence-corrected chi connectivity index (χ2v) is 7.54. The predicted octanol–water partition coefficient (Wildman–Crippen LogP) is 6.87. The molecule has 31 heavy (non-hydrogen) atoms. The van der Waals surface area contributed by atoms with E-state index in [-0.39, 0.29) is 5.91 Å². The molecule has 0 aliphatic heterocycles. The molecule has 0 saturated carbocycles. The predicted molar refractivity (Wildman–Crippen MR) is 126 cm³/mol. The molecule has 4 nitrogen and oxygen atoms in total. The van der Waals surface area contributed by atoms with Crippen LogP contribution in [0.1, 0.15) is 54.9 Å². The molecule has 0 radical (unpaired) electrons. The van der Waals surface area contributed by atoms with Gasteiger partial charge in [0.1, 0.15) is 18.1 Å². The van der Waals surface area contributed by atoms with Gasteiger partial charge in [-0.3, -0.25) is 4.79 Å². The Bertz CT molecular complexity index is 923. The van der Waals surface area contributed by atoms with Crippen LogP contribution in [-0.2, 0) is 6.61 Å². The van der Waals surface area contributed by atoms with Gasteiger partial charge >= 0.3 is 0 Å². The molecule has 0 aliphatic carbocycles. The Labute approximate surface area is 185 Å². The summed E-state index contributed by atoms with van der Waals surface area (Å²) in [5.74, 6) is 1.35. The van der Waals surface area contributed by atoms with E-state index in [1.807, 2.05) is 66.7 Å². The number of anilines is 1. The van der Waals surface area contributed by atoms with Crippen LogP contribution in [0.5, 0.6) is 11.5 Å². The summed E-state index contributed by atoms with van der Waals surface area (Å²) in [7, 11) is 0. The molecular weight excluding hydrogens is 386 g/mol. The first kappa shape index (κ1) is 22.4. The van der Waals surface area contributed by atoms with E-state index < -0.39 is 0 Å². The highest BCUT2D eigenvalue weighted by molar-refractivity contribution is 6.04. The van der Waals surface area contributed by atoms with Crippen LogP contribution in [0.15, 0.2) is 78.9 Å². The molecule has 0 spiro atoms. The molecular formula is C27H31NO3. The van der Waals surface area contributed by atoms with E-state index in [0.717, 1.165) is 29.2 Å². The van der Waals surface area contributed by atoms with Crippen LogP contribution >= 0.6 is 0 Å². The number of benzene rings is 3. The maximum absolute atomic E-state index is 12.6. The first-order valence-corrected chi connectivity index (χ1v) is 11.1. The molecule has 0 aromatic heterocycles. The van der Waals surface area contributed by atoms with Crippen LogP contribution in [0, 0.1) is 0 Å². The highest BCUT2D eigenvalue weighted by Gasteiger charge is 2.07. The van der Waals surface area contributed by atoms with Crippen molar-refractivity contribution in [3.05, 3.63) is 90.0 Å². The molecule has 162 valence electrons. The lowest BCUT2D eigenvalue weighted by Crippen LogP contribution is -2.11. The fourth-order valence-electron chi connectivity index (χ4n) is 3.21. The summed E-state index contributed by atoms with van der Waals surface area (Å²) in [5, 5.41) is 2.93. The number of carbonyl (C=O) groups is 1. The van der Waals surface area contributed by atoms with E-state index in [4.69, 9.17) is 9.47 Å². The van der Waals surface area contributed by atoms with Crippen molar-refractivity contribution >= 4 is 11.6 Å². The summed E-state index contributed by atoms with van der Waals surface area (Å²) in [6.07, 6.45) is 6.02. The van der Waals surface area contributed by atoms with Crippen molar-refractivity contribution in [2.24, 2.45) is 0 Å². The van der Waals surface area contributed by atoms with E-state index in [0.29, 0.717) is 18.8 Å². The van der Waals surface area contributed by atoms with Crippen LogP contribution < -0.4 is 14.8 Å². The molecule has 0 saturated heterocycles. The molecule has 1 amide bonds. The monoisotopic (exact) mass is 417 g/mol. The SMILES string of the molecule is CCCCCCCOc1cccc(NC(=O)c2ccc(OCc3ccccc3)cc2)c1. The normalized spacial score (nSPS) is 10.5. The number of hydrogen-bond donors (Lipinski definition) is 1. The van der Waals surface area contributed by atoms with Gasteiger partial charge in [-0.15, -0.1) is 0 Å². The summed E-state index contributed by atoms with van der Waals surface area (Å²) in [4.78, 5) is 12.6. The Kier molecular flexibility index (Phi) is 8.99. The number of carbonyl (C=O) groups excluding carboxylic acids is 1.